The highest BCUT2D eigenvalue weighted by Crippen LogP contribution is 2.07. The van der Waals surface area contributed by atoms with Gasteiger partial charge in [0, 0.05) is 12.8 Å². The van der Waals surface area contributed by atoms with Gasteiger partial charge in [0.25, 0.3) is 0 Å². The molecule has 0 rings (SSSR count). The largest absolute Gasteiger partial charge is 0.467 e. The van der Waals surface area contributed by atoms with Crippen LogP contribution in [0.2, 0.25) is 0 Å². The molecule has 320 valence electrons. The predicted octanol–water partition coefficient (Wildman–Crippen LogP) is 11.5. The van der Waals surface area contributed by atoms with E-state index >= 15 is 0 Å². The Hall–Kier alpha value is -4.98. The molecule has 0 saturated heterocycles. The Labute approximate surface area is 351 Å². The Morgan fingerprint density at radius 2 is 0.793 bits per heavy atom. The van der Waals surface area contributed by atoms with Crippen LogP contribution in [-0.4, -0.2) is 49.1 Å². The molecule has 58 heavy (non-hydrogen) atoms. The van der Waals surface area contributed by atoms with Crippen LogP contribution in [0.1, 0.15) is 130 Å². The summed E-state index contributed by atoms with van der Waals surface area (Å²) in [5.41, 5.74) is 0. The van der Waals surface area contributed by atoms with Crippen molar-refractivity contribution in [2.24, 2.45) is 0 Å². The number of unbranched alkanes of at least 4 members (excludes halogenated alkanes) is 1. The smallest absolute Gasteiger partial charge is 0.332 e. The lowest BCUT2D eigenvalue weighted by Crippen LogP contribution is -2.51. The topological polar surface area (TPSA) is 111 Å². The van der Waals surface area contributed by atoms with Crippen LogP contribution in [0.15, 0.2) is 134 Å². The maximum atomic E-state index is 12.7. The van der Waals surface area contributed by atoms with Crippen molar-refractivity contribution in [3.8, 4) is 0 Å². The summed E-state index contributed by atoms with van der Waals surface area (Å²) in [6, 6.07) is -2.11. The first-order valence-electron chi connectivity index (χ1n) is 21.3. The van der Waals surface area contributed by atoms with E-state index in [-0.39, 0.29) is 24.7 Å². The van der Waals surface area contributed by atoms with Crippen LogP contribution in [0.25, 0.3) is 0 Å². The van der Waals surface area contributed by atoms with Crippen molar-refractivity contribution in [3.05, 3.63) is 134 Å². The lowest BCUT2D eigenvalue weighted by atomic mass is 10.1. The van der Waals surface area contributed by atoms with Gasteiger partial charge < -0.3 is 20.1 Å². The van der Waals surface area contributed by atoms with E-state index in [0.717, 1.165) is 70.6 Å². The number of esters is 2. The maximum Gasteiger partial charge on any atom is 0.332 e. The van der Waals surface area contributed by atoms with Gasteiger partial charge >= 0.3 is 11.9 Å². The summed E-state index contributed by atoms with van der Waals surface area (Å²) in [7, 11) is 1.21. The third kappa shape index (κ3) is 34.3. The van der Waals surface area contributed by atoms with Crippen LogP contribution in [0.4, 0.5) is 0 Å². The van der Waals surface area contributed by atoms with Crippen molar-refractivity contribution < 1.29 is 28.7 Å². The van der Waals surface area contributed by atoms with E-state index in [0.29, 0.717) is 19.3 Å². The molecule has 0 aliphatic heterocycles. The predicted molar refractivity (Wildman–Crippen MR) is 243 cm³/mol. The van der Waals surface area contributed by atoms with Gasteiger partial charge in [-0.25, -0.2) is 9.59 Å². The summed E-state index contributed by atoms with van der Waals surface area (Å²) in [6.07, 6.45) is 58.5. The molecule has 8 nitrogen and oxygen atoms in total. The highest BCUT2D eigenvalue weighted by molar-refractivity contribution is 5.86. The van der Waals surface area contributed by atoms with Gasteiger partial charge in [0.15, 0.2) is 6.04 Å². The normalized spacial score (nSPS) is 14.4. The number of ether oxygens (including phenoxy) is 2. The third-order valence-electron chi connectivity index (χ3n) is 8.34. The van der Waals surface area contributed by atoms with Crippen LogP contribution < -0.4 is 10.6 Å². The quantitative estimate of drug-likeness (QED) is 0.0389. The third-order valence-corrected chi connectivity index (χ3v) is 8.34. The number of carbonyl (C=O) groups is 4. The Morgan fingerprint density at radius 1 is 0.448 bits per heavy atom. The highest BCUT2D eigenvalue weighted by atomic mass is 16.6. The van der Waals surface area contributed by atoms with Crippen molar-refractivity contribution in [1.82, 2.24) is 10.6 Å². The number of nitrogens with one attached hydrogen (secondary N) is 2. The number of rotatable bonds is 33. The minimum absolute atomic E-state index is 0.200. The van der Waals surface area contributed by atoms with Gasteiger partial charge in [-0.15, -0.1) is 0 Å². The van der Waals surface area contributed by atoms with Crippen LogP contribution in [-0.2, 0) is 28.7 Å². The number of carbonyl (C=O) groups excluding carboxylic acids is 4. The first-order valence-corrected chi connectivity index (χ1v) is 21.3. The van der Waals surface area contributed by atoms with E-state index in [1.165, 1.54) is 21.0 Å². The van der Waals surface area contributed by atoms with Gasteiger partial charge in [-0.1, -0.05) is 148 Å². The van der Waals surface area contributed by atoms with Gasteiger partial charge in [-0.3, -0.25) is 9.59 Å². The SMILES string of the molecule is CC/C=C\C/C=C\C/C=C\C/C=C\C/C=C\C/C=C\CCC(=O)N[C@@H](C)C(=O)OC(C)C(NC(=O)CCC/C=C\C/C=C\C/C=C\C/C=C\C/C=C\CC)C(=O)OC. The monoisotopic (exact) mass is 799 g/mol. The molecule has 0 aromatic rings. The van der Waals surface area contributed by atoms with E-state index in [1.807, 2.05) is 18.2 Å². The average molecular weight is 799 g/mol. The number of methoxy groups -OCH3 is 1. The summed E-state index contributed by atoms with van der Waals surface area (Å²) < 4.78 is 10.3. The lowest BCUT2D eigenvalue weighted by Gasteiger charge is -2.24. The fraction of sp³-hybridized carbons (Fsp3) is 0.480. The molecule has 2 amide bonds. The molecule has 0 heterocycles. The molecule has 0 aliphatic carbocycles. The summed E-state index contributed by atoms with van der Waals surface area (Å²) in [5.74, 6) is -2.07. The number of amides is 2. The van der Waals surface area contributed by atoms with E-state index in [4.69, 9.17) is 9.47 Å². The van der Waals surface area contributed by atoms with Crippen LogP contribution in [0, 0.1) is 0 Å². The first-order chi connectivity index (χ1) is 28.3. The molecule has 0 saturated carbocycles. The summed E-state index contributed by atoms with van der Waals surface area (Å²) in [4.78, 5) is 50.2. The zero-order valence-electron chi connectivity index (χ0n) is 36.2. The zero-order valence-corrected chi connectivity index (χ0v) is 36.2. The fourth-order valence-electron chi connectivity index (χ4n) is 5.07. The summed E-state index contributed by atoms with van der Waals surface area (Å²) in [6.45, 7) is 7.30. The molecule has 0 radical (unpaired) electrons. The second-order valence-electron chi connectivity index (χ2n) is 13.6. The van der Waals surface area contributed by atoms with Gasteiger partial charge in [0.2, 0.25) is 11.8 Å². The molecule has 2 unspecified atom stereocenters. The summed E-state index contributed by atoms with van der Waals surface area (Å²) >= 11 is 0. The molecule has 2 N–H and O–H groups in total. The van der Waals surface area contributed by atoms with Crippen LogP contribution >= 0.6 is 0 Å². The molecule has 0 spiro atoms. The van der Waals surface area contributed by atoms with Gasteiger partial charge in [0.05, 0.1) is 7.11 Å². The second-order valence-corrected chi connectivity index (χ2v) is 13.6. The molecule has 3 atom stereocenters. The molecular formula is C50H74N2O6. The number of hydrogen-bond donors (Lipinski definition) is 2. The van der Waals surface area contributed by atoms with Crippen LogP contribution in [0.5, 0.6) is 0 Å². The summed E-state index contributed by atoms with van der Waals surface area (Å²) in [5, 5.41) is 5.28. The highest BCUT2D eigenvalue weighted by Gasteiger charge is 2.31. The second kappa shape index (κ2) is 40.2. The molecule has 0 bridgehead atoms. The lowest BCUT2D eigenvalue weighted by molar-refractivity contribution is -0.159. The Bertz CT molecular complexity index is 1440. The number of hydrogen-bond acceptors (Lipinski definition) is 6. The molecule has 0 aliphatic rings. The van der Waals surface area contributed by atoms with E-state index in [2.05, 4.69) is 140 Å². The molecule has 8 heteroatoms. The van der Waals surface area contributed by atoms with Gasteiger partial charge in [-0.2, -0.15) is 0 Å². The van der Waals surface area contributed by atoms with E-state index < -0.39 is 30.1 Å². The van der Waals surface area contributed by atoms with Crippen molar-refractivity contribution in [1.29, 1.82) is 0 Å². The molecule has 0 aromatic carbocycles. The van der Waals surface area contributed by atoms with Crippen molar-refractivity contribution in [3.63, 3.8) is 0 Å². The minimum Gasteiger partial charge on any atom is -0.467 e. The average Bonchev–Trinajstić information content (AvgIpc) is 3.21. The Balaban J connectivity index is 4.32. The molecule has 0 fully saturated rings. The maximum absolute atomic E-state index is 12.7. The molecular weight excluding hydrogens is 725 g/mol. The van der Waals surface area contributed by atoms with Crippen molar-refractivity contribution in [2.45, 2.75) is 149 Å². The van der Waals surface area contributed by atoms with Gasteiger partial charge in [-0.05, 0) is 104 Å². The van der Waals surface area contributed by atoms with Crippen molar-refractivity contribution >= 4 is 23.8 Å². The van der Waals surface area contributed by atoms with E-state index in [9.17, 15) is 19.2 Å². The molecule has 0 aromatic heterocycles. The minimum atomic E-state index is -1.17. The standard InChI is InChI=1S/C50H74N2O6/c1-6-8-10-12-14-16-18-20-22-24-25-27-29-30-32-34-36-38-40-42-46(53)51-44(3)49(55)58-45(4)48(50(56)57-5)52-47(54)43-41-39-37-35-33-31-28-26-23-21-19-17-15-13-11-9-7-2/h8-11,14-17,20-23,25,27-28,30-32,35-38,44-45,48H,6-7,12-13,18-19,24,26,29,33-34,39-43H2,1-5H3,(H,51,53)(H,52,54)/b10-8-,11-9-,16-14-,17-15-,22-20-,23-21-,27-25-,31-28-,32-30-,37-35-,38-36-/t44-,45?,48?/m0/s1. The Morgan fingerprint density at radius 3 is 1.17 bits per heavy atom. The van der Waals surface area contributed by atoms with E-state index in [1.54, 1.807) is 0 Å². The number of allylic oxidation sites excluding steroid dienone is 22. The van der Waals surface area contributed by atoms with Crippen LogP contribution in [0.3, 0.4) is 0 Å². The first kappa shape index (κ1) is 53.0. The Kier molecular flexibility index (Phi) is 36.8. The van der Waals surface area contributed by atoms with Gasteiger partial charge in [0.1, 0.15) is 12.1 Å². The zero-order chi connectivity index (χ0) is 42.7. The van der Waals surface area contributed by atoms with Crippen molar-refractivity contribution in [2.75, 3.05) is 7.11 Å². The fourth-order valence-corrected chi connectivity index (χ4v) is 5.07.